The lowest BCUT2D eigenvalue weighted by Crippen LogP contribution is -2.19. The summed E-state index contributed by atoms with van der Waals surface area (Å²) in [7, 11) is 0. The van der Waals surface area contributed by atoms with E-state index in [1.165, 1.54) is 10.9 Å². The third-order valence-corrected chi connectivity index (χ3v) is 4.41. The van der Waals surface area contributed by atoms with Crippen LogP contribution in [0.25, 0.3) is 16.7 Å². The summed E-state index contributed by atoms with van der Waals surface area (Å²) in [6, 6.07) is 7.97. The van der Waals surface area contributed by atoms with E-state index in [9.17, 15) is 19.1 Å². The summed E-state index contributed by atoms with van der Waals surface area (Å²) in [5.74, 6) is -2.32. The highest BCUT2D eigenvalue weighted by Crippen LogP contribution is 2.21. The standard InChI is InChI=1S/C18H11ClFN5O3/c19-16-14(20)5-12-15(26)13(18(27)28)7-25(17(12)23-16)11-3-1-10(2-4-11)6-24-9-21-8-22-24/h1-5,7-9H,6H2,(H,27,28). The van der Waals surface area contributed by atoms with Crippen molar-refractivity contribution < 1.29 is 14.3 Å². The lowest BCUT2D eigenvalue weighted by Gasteiger charge is -2.13. The lowest BCUT2D eigenvalue weighted by atomic mass is 10.1. The van der Waals surface area contributed by atoms with Crippen molar-refractivity contribution in [2.45, 2.75) is 6.54 Å². The van der Waals surface area contributed by atoms with Crippen molar-refractivity contribution in [1.82, 2.24) is 24.3 Å². The van der Waals surface area contributed by atoms with Crippen LogP contribution in [-0.4, -0.2) is 35.4 Å². The number of pyridine rings is 2. The number of halogens is 2. The maximum Gasteiger partial charge on any atom is 0.341 e. The van der Waals surface area contributed by atoms with E-state index in [-0.39, 0.29) is 11.0 Å². The molecular formula is C18H11ClFN5O3. The topological polar surface area (TPSA) is 103 Å². The van der Waals surface area contributed by atoms with Gasteiger partial charge >= 0.3 is 5.97 Å². The molecular weight excluding hydrogens is 389 g/mol. The van der Waals surface area contributed by atoms with Gasteiger partial charge in [0.05, 0.1) is 11.9 Å². The van der Waals surface area contributed by atoms with E-state index in [2.05, 4.69) is 15.1 Å². The quantitative estimate of drug-likeness (QED) is 0.529. The Morgan fingerprint density at radius 2 is 2.00 bits per heavy atom. The minimum Gasteiger partial charge on any atom is -0.477 e. The van der Waals surface area contributed by atoms with Gasteiger partial charge in [0.1, 0.15) is 23.9 Å². The molecule has 0 aliphatic carbocycles. The summed E-state index contributed by atoms with van der Waals surface area (Å²) >= 11 is 5.77. The monoisotopic (exact) mass is 399 g/mol. The van der Waals surface area contributed by atoms with E-state index in [1.54, 1.807) is 23.1 Å². The number of carbonyl (C=O) groups is 1. The van der Waals surface area contributed by atoms with E-state index in [1.807, 2.05) is 12.1 Å². The molecule has 4 rings (SSSR count). The number of fused-ring (bicyclic) bond motifs is 1. The Hall–Kier alpha value is -3.59. The third-order valence-electron chi connectivity index (χ3n) is 4.14. The summed E-state index contributed by atoms with van der Waals surface area (Å²) in [6.07, 6.45) is 4.17. The smallest absolute Gasteiger partial charge is 0.341 e. The molecule has 28 heavy (non-hydrogen) atoms. The molecule has 0 spiro atoms. The fourth-order valence-electron chi connectivity index (χ4n) is 2.81. The molecule has 0 fully saturated rings. The molecule has 0 aliphatic rings. The van der Waals surface area contributed by atoms with E-state index >= 15 is 0 Å². The average molecular weight is 400 g/mol. The average Bonchev–Trinajstić information content (AvgIpc) is 3.17. The van der Waals surface area contributed by atoms with Gasteiger partial charge in [0.15, 0.2) is 11.0 Å². The third kappa shape index (κ3) is 3.12. The number of carboxylic acids is 1. The van der Waals surface area contributed by atoms with Crippen LogP contribution in [0, 0.1) is 5.82 Å². The number of benzene rings is 1. The van der Waals surface area contributed by atoms with Crippen LogP contribution in [0.3, 0.4) is 0 Å². The van der Waals surface area contributed by atoms with Gasteiger partial charge in [0.2, 0.25) is 5.43 Å². The van der Waals surface area contributed by atoms with Crippen molar-refractivity contribution in [2.24, 2.45) is 0 Å². The second kappa shape index (κ2) is 6.86. The Bertz CT molecular complexity index is 1250. The first-order chi connectivity index (χ1) is 13.4. The number of aromatic carboxylic acids is 1. The SMILES string of the molecule is O=C(O)c1cn(-c2ccc(Cn3cncn3)cc2)c2nc(Cl)c(F)cc2c1=O. The van der Waals surface area contributed by atoms with E-state index < -0.39 is 27.9 Å². The van der Waals surface area contributed by atoms with Gasteiger partial charge in [-0.25, -0.2) is 23.8 Å². The first kappa shape index (κ1) is 17.8. The molecule has 8 nitrogen and oxygen atoms in total. The van der Waals surface area contributed by atoms with Crippen LogP contribution in [-0.2, 0) is 6.54 Å². The molecule has 0 bridgehead atoms. The Morgan fingerprint density at radius 1 is 1.25 bits per heavy atom. The molecule has 4 aromatic rings. The van der Waals surface area contributed by atoms with Crippen molar-refractivity contribution in [3.63, 3.8) is 0 Å². The Labute approximate surface area is 161 Å². The Balaban J connectivity index is 1.87. The van der Waals surface area contributed by atoms with Gasteiger partial charge in [-0.2, -0.15) is 5.10 Å². The van der Waals surface area contributed by atoms with Gasteiger partial charge in [-0.15, -0.1) is 0 Å². The van der Waals surface area contributed by atoms with Crippen molar-refractivity contribution >= 4 is 28.6 Å². The van der Waals surface area contributed by atoms with Gasteiger partial charge in [0.25, 0.3) is 0 Å². The molecule has 1 N–H and O–H groups in total. The minimum absolute atomic E-state index is 0.0606. The van der Waals surface area contributed by atoms with Gasteiger partial charge in [-0.05, 0) is 23.8 Å². The number of aromatic nitrogens is 5. The highest BCUT2D eigenvalue weighted by molar-refractivity contribution is 6.29. The zero-order chi connectivity index (χ0) is 19.8. The molecule has 0 saturated carbocycles. The second-order valence-corrected chi connectivity index (χ2v) is 6.30. The van der Waals surface area contributed by atoms with E-state index in [0.29, 0.717) is 12.2 Å². The summed E-state index contributed by atoms with van der Waals surface area (Å²) in [5, 5.41) is 12.8. The number of carboxylic acid groups (broad SMARTS) is 1. The molecule has 140 valence electrons. The number of rotatable bonds is 4. The molecule has 3 heterocycles. The van der Waals surface area contributed by atoms with Crippen LogP contribution in [0.2, 0.25) is 5.15 Å². The van der Waals surface area contributed by atoms with Crippen LogP contribution in [0.5, 0.6) is 0 Å². The molecule has 0 aliphatic heterocycles. The summed E-state index contributed by atoms with van der Waals surface area (Å²) < 4.78 is 16.9. The molecule has 0 radical (unpaired) electrons. The Kier molecular flexibility index (Phi) is 4.36. The molecule has 1 aromatic carbocycles. The maximum atomic E-state index is 13.8. The minimum atomic E-state index is -1.42. The molecule has 0 unspecified atom stereocenters. The zero-order valence-corrected chi connectivity index (χ0v) is 14.8. The van der Waals surface area contributed by atoms with Crippen LogP contribution in [0.1, 0.15) is 15.9 Å². The number of nitrogens with zero attached hydrogens (tertiary/aromatic N) is 5. The summed E-state index contributed by atoms with van der Waals surface area (Å²) in [5.41, 5.74) is 0.192. The summed E-state index contributed by atoms with van der Waals surface area (Å²) in [6.45, 7) is 0.501. The highest BCUT2D eigenvalue weighted by atomic mass is 35.5. The molecule has 3 aromatic heterocycles. The molecule has 10 heteroatoms. The van der Waals surface area contributed by atoms with Crippen LogP contribution in [0.15, 0.2) is 54.0 Å². The van der Waals surface area contributed by atoms with Gasteiger partial charge in [0, 0.05) is 11.9 Å². The second-order valence-electron chi connectivity index (χ2n) is 5.94. The normalized spacial score (nSPS) is 11.1. The number of hydrogen-bond acceptors (Lipinski definition) is 5. The van der Waals surface area contributed by atoms with Gasteiger partial charge in [-0.3, -0.25) is 4.79 Å². The van der Waals surface area contributed by atoms with Crippen molar-refractivity contribution in [3.05, 3.63) is 81.5 Å². The van der Waals surface area contributed by atoms with Crippen LogP contribution in [0.4, 0.5) is 4.39 Å². The maximum absolute atomic E-state index is 13.8. The molecule has 0 atom stereocenters. The highest BCUT2D eigenvalue weighted by Gasteiger charge is 2.18. The molecule has 0 amide bonds. The first-order valence-electron chi connectivity index (χ1n) is 8.00. The van der Waals surface area contributed by atoms with E-state index in [4.69, 9.17) is 11.6 Å². The first-order valence-corrected chi connectivity index (χ1v) is 8.38. The van der Waals surface area contributed by atoms with Crippen LogP contribution < -0.4 is 5.43 Å². The van der Waals surface area contributed by atoms with Crippen LogP contribution >= 0.6 is 11.6 Å². The fourth-order valence-corrected chi connectivity index (χ4v) is 2.95. The van der Waals surface area contributed by atoms with Gasteiger partial charge < -0.3 is 9.67 Å². The Morgan fingerprint density at radius 3 is 2.64 bits per heavy atom. The zero-order valence-electron chi connectivity index (χ0n) is 14.1. The van der Waals surface area contributed by atoms with Crippen molar-refractivity contribution in [3.8, 4) is 5.69 Å². The number of hydrogen-bond donors (Lipinski definition) is 1. The fraction of sp³-hybridized carbons (Fsp3) is 0.0556. The lowest BCUT2D eigenvalue weighted by molar-refractivity contribution is 0.0695. The van der Waals surface area contributed by atoms with E-state index in [0.717, 1.165) is 17.8 Å². The van der Waals surface area contributed by atoms with Gasteiger partial charge in [-0.1, -0.05) is 23.7 Å². The predicted molar refractivity (Wildman–Crippen MR) is 98.4 cm³/mol. The predicted octanol–water partition coefficient (Wildman–Crippen LogP) is 2.52. The van der Waals surface area contributed by atoms with Crippen molar-refractivity contribution in [2.75, 3.05) is 0 Å². The summed E-state index contributed by atoms with van der Waals surface area (Å²) in [4.78, 5) is 31.7. The molecule has 0 saturated heterocycles. The largest absolute Gasteiger partial charge is 0.477 e. The van der Waals surface area contributed by atoms with Crippen molar-refractivity contribution in [1.29, 1.82) is 0 Å².